The van der Waals surface area contributed by atoms with Gasteiger partial charge in [0.15, 0.2) is 34.9 Å². The largest absolute Gasteiger partial charge is 1.00 e. The van der Waals surface area contributed by atoms with E-state index < -0.39 is 0 Å². The summed E-state index contributed by atoms with van der Waals surface area (Å²) in [6.45, 7) is 2.09. The van der Waals surface area contributed by atoms with E-state index in [0.29, 0.717) is 5.75 Å². The topological polar surface area (TPSA) is 41.0 Å². The highest BCUT2D eigenvalue weighted by Gasteiger charge is 2.21. The maximum atomic E-state index is 5.66. The number of hydrogen-bond acceptors (Lipinski definition) is 4. The molecule has 0 unspecified atom stereocenters. The molecule has 4 aromatic rings. The third-order valence-corrected chi connectivity index (χ3v) is 5.09. The van der Waals surface area contributed by atoms with Gasteiger partial charge in [-0.3, -0.25) is 0 Å². The Morgan fingerprint density at radius 3 is 2.04 bits per heavy atom. The number of nitrogens with zero attached hydrogens (tertiary/aromatic N) is 1. The van der Waals surface area contributed by atoms with E-state index in [0.717, 1.165) is 50.0 Å². The Hall–Kier alpha value is -2.92. The molecule has 2 aromatic heterocycles. The first-order valence-electron chi connectivity index (χ1n) is 8.67. The number of rotatable bonds is 4. The number of aromatic nitrogens is 1. The SMILES string of the molecule is COc1cc2cc[n+]3c(C)c4c(OC)c(OC)ccc4cc3c2cc1OC.[Cl-]. The number of fused-ring (bicyclic) bond motifs is 4. The average molecular weight is 400 g/mol. The number of halogens is 1. The van der Waals surface area contributed by atoms with E-state index in [4.69, 9.17) is 18.9 Å². The third-order valence-electron chi connectivity index (χ3n) is 5.09. The van der Waals surface area contributed by atoms with E-state index in [1.165, 1.54) is 0 Å². The summed E-state index contributed by atoms with van der Waals surface area (Å²) in [6.07, 6.45) is 2.07. The van der Waals surface area contributed by atoms with Crippen molar-refractivity contribution >= 4 is 27.1 Å². The second kappa shape index (κ2) is 7.60. The minimum absolute atomic E-state index is 0. The van der Waals surface area contributed by atoms with Gasteiger partial charge in [-0.15, -0.1) is 0 Å². The molecule has 0 fully saturated rings. The first-order valence-corrected chi connectivity index (χ1v) is 8.67. The van der Waals surface area contributed by atoms with Crippen LogP contribution in [0.4, 0.5) is 0 Å². The van der Waals surface area contributed by atoms with Crippen LogP contribution in [0.2, 0.25) is 0 Å². The van der Waals surface area contributed by atoms with Crippen molar-refractivity contribution < 1.29 is 35.8 Å². The van der Waals surface area contributed by atoms with Gasteiger partial charge in [0.25, 0.3) is 0 Å². The van der Waals surface area contributed by atoms with Crippen LogP contribution < -0.4 is 35.8 Å². The molecule has 0 saturated heterocycles. The van der Waals surface area contributed by atoms with Crippen molar-refractivity contribution in [3.63, 3.8) is 0 Å². The Balaban J connectivity index is 0.00000225. The van der Waals surface area contributed by atoms with Crippen LogP contribution in [0.15, 0.2) is 42.6 Å². The number of ether oxygens (including phenoxy) is 4. The van der Waals surface area contributed by atoms with Crippen molar-refractivity contribution in [1.82, 2.24) is 0 Å². The fraction of sp³-hybridized carbons (Fsp3) is 0.227. The molecule has 0 aliphatic rings. The van der Waals surface area contributed by atoms with Gasteiger partial charge in [-0.2, -0.15) is 4.40 Å². The van der Waals surface area contributed by atoms with Crippen LogP contribution in [0, 0.1) is 6.92 Å². The third kappa shape index (κ3) is 2.83. The van der Waals surface area contributed by atoms with Crippen molar-refractivity contribution in [3.8, 4) is 23.0 Å². The first-order chi connectivity index (χ1) is 13.1. The molecule has 0 saturated carbocycles. The van der Waals surface area contributed by atoms with Gasteiger partial charge in [-0.1, -0.05) is 0 Å². The first kappa shape index (κ1) is 19.8. The quantitative estimate of drug-likeness (QED) is 0.292. The number of aryl methyl sites for hydroxylation is 1. The van der Waals surface area contributed by atoms with E-state index in [-0.39, 0.29) is 12.4 Å². The molecular formula is C22H22ClNO4. The Bertz CT molecular complexity index is 1190. The number of pyridine rings is 2. The van der Waals surface area contributed by atoms with Gasteiger partial charge in [0.1, 0.15) is 0 Å². The molecule has 146 valence electrons. The highest BCUT2D eigenvalue weighted by atomic mass is 35.5. The van der Waals surface area contributed by atoms with Gasteiger partial charge in [-0.05, 0) is 35.0 Å². The summed E-state index contributed by atoms with van der Waals surface area (Å²) >= 11 is 0. The lowest BCUT2D eigenvalue weighted by atomic mass is 10.0. The molecule has 6 heteroatoms. The predicted molar refractivity (Wildman–Crippen MR) is 106 cm³/mol. The molecule has 5 nitrogen and oxygen atoms in total. The van der Waals surface area contributed by atoms with Gasteiger partial charge < -0.3 is 31.4 Å². The molecular weight excluding hydrogens is 378 g/mol. The van der Waals surface area contributed by atoms with Gasteiger partial charge >= 0.3 is 0 Å². The molecule has 0 aliphatic carbocycles. The minimum Gasteiger partial charge on any atom is -1.00 e. The van der Waals surface area contributed by atoms with Gasteiger partial charge in [0.2, 0.25) is 5.52 Å². The molecule has 0 radical (unpaired) electrons. The van der Waals surface area contributed by atoms with Crippen molar-refractivity contribution in [2.24, 2.45) is 0 Å². The second-order valence-corrected chi connectivity index (χ2v) is 6.36. The summed E-state index contributed by atoms with van der Waals surface area (Å²) in [5, 5.41) is 4.31. The molecule has 0 N–H and O–H groups in total. The smallest absolute Gasteiger partial charge is 0.219 e. The minimum atomic E-state index is 0. The summed E-state index contributed by atoms with van der Waals surface area (Å²) in [6, 6.07) is 12.3. The van der Waals surface area contributed by atoms with Crippen LogP contribution in [0.5, 0.6) is 23.0 Å². The Morgan fingerprint density at radius 2 is 1.39 bits per heavy atom. The number of benzene rings is 2. The molecule has 0 atom stereocenters. The normalized spacial score (nSPS) is 10.8. The van der Waals surface area contributed by atoms with Gasteiger partial charge in [-0.25, -0.2) is 0 Å². The highest BCUT2D eigenvalue weighted by Crippen LogP contribution is 2.38. The lowest BCUT2D eigenvalue weighted by molar-refractivity contribution is -0.516. The molecule has 0 bridgehead atoms. The molecule has 2 heterocycles. The lowest BCUT2D eigenvalue weighted by Gasteiger charge is -2.12. The van der Waals surface area contributed by atoms with Gasteiger partial charge in [0.05, 0.1) is 39.2 Å². The number of methoxy groups -OCH3 is 4. The monoisotopic (exact) mass is 399 g/mol. The van der Waals surface area contributed by atoms with Crippen LogP contribution in [-0.2, 0) is 0 Å². The van der Waals surface area contributed by atoms with E-state index in [2.05, 4.69) is 35.7 Å². The van der Waals surface area contributed by atoms with Crippen LogP contribution in [0.3, 0.4) is 0 Å². The molecule has 0 spiro atoms. The molecule has 0 aliphatic heterocycles. The summed E-state index contributed by atoms with van der Waals surface area (Å²) < 4.78 is 24.2. The van der Waals surface area contributed by atoms with Crippen molar-refractivity contribution in [1.29, 1.82) is 0 Å². The average Bonchev–Trinajstić information content (AvgIpc) is 2.71. The maximum Gasteiger partial charge on any atom is 0.219 e. The molecule has 4 rings (SSSR count). The highest BCUT2D eigenvalue weighted by molar-refractivity contribution is 6.01. The zero-order valence-electron chi connectivity index (χ0n) is 16.5. The molecule has 0 amide bonds. The maximum absolute atomic E-state index is 5.66. The van der Waals surface area contributed by atoms with Crippen LogP contribution >= 0.6 is 0 Å². The van der Waals surface area contributed by atoms with Crippen LogP contribution in [0.1, 0.15) is 5.69 Å². The van der Waals surface area contributed by atoms with Crippen molar-refractivity contribution in [2.75, 3.05) is 28.4 Å². The van der Waals surface area contributed by atoms with Crippen LogP contribution in [-0.4, -0.2) is 28.4 Å². The zero-order valence-corrected chi connectivity index (χ0v) is 17.3. The zero-order chi connectivity index (χ0) is 19.1. The van der Waals surface area contributed by atoms with Gasteiger partial charge in [0, 0.05) is 19.1 Å². The molecule has 2 aromatic carbocycles. The van der Waals surface area contributed by atoms with E-state index in [1.54, 1.807) is 28.4 Å². The van der Waals surface area contributed by atoms with Crippen LogP contribution in [0.25, 0.3) is 27.1 Å². The van der Waals surface area contributed by atoms with E-state index >= 15 is 0 Å². The molecule has 28 heavy (non-hydrogen) atoms. The fourth-order valence-corrected chi connectivity index (χ4v) is 3.76. The lowest BCUT2D eigenvalue weighted by Crippen LogP contribution is -3.00. The Kier molecular flexibility index (Phi) is 5.38. The number of hydrogen-bond donors (Lipinski definition) is 0. The standard InChI is InChI=1S/C22H22NO4.ClH/c1-13-21-15(6-7-18(24-2)22(21)27-5)10-17-16-12-20(26-4)19(25-3)11-14(16)8-9-23(13)17;/h6-12H,1-5H3;1H/q+1;/p-1. The summed E-state index contributed by atoms with van der Waals surface area (Å²) in [5.74, 6) is 2.90. The van der Waals surface area contributed by atoms with Crippen molar-refractivity contribution in [3.05, 3.63) is 48.3 Å². The second-order valence-electron chi connectivity index (χ2n) is 6.36. The fourth-order valence-electron chi connectivity index (χ4n) is 3.76. The Morgan fingerprint density at radius 1 is 0.714 bits per heavy atom. The van der Waals surface area contributed by atoms with E-state index in [9.17, 15) is 0 Å². The van der Waals surface area contributed by atoms with E-state index in [1.807, 2.05) is 18.2 Å². The summed E-state index contributed by atoms with van der Waals surface area (Å²) in [7, 11) is 6.63. The Labute approximate surface area is 169 Å². The summed E-state index contributed by atoms with van der Waals surface area (Å²) in [5.41, 5.74) is 2.17. The summed E-state index contributed by atoms with van der Waals surface area (Å²) in [4.78, 5) is 0. The predicted octanol–water partition coefficient (Wildman–Crippen LogP) is 1.08. The van der Waals surface area contributed by atoms with Crippen molar-refractivity contribution in [2.45, 2.75) is 6.92 Å².